The number of halogens is 3. The zero-order chi connectivity index (χ0) is 22.7. The number of nitrogens with one attached hydrogen (secondary N) is 1. The third-order valence-electron chi connectivity index (χ3n) is 4.42. The van der Waals surface area contributed by atoms with Gasteiger partial charge in [-0.2, -0.15) is 0 Å². The van der Waals surface area contributed by atoms with Gasteiger partial charge in [0.05, 0.1) is 26.7 Å². The lowest BCUT2D eigenvalue weighted by Gasteiger charge is -2.14. The molecule has 0 bridgehead atoms. The fraction of sp³-hybridized carbons (Fsp3) is 0.400. The monoisotopic (exact) mass is 504 g/mol. The number of fused-ring (bicyclic) bond motifs is 1. The molecule has 0 atom stereocenters. The molecule has 1 aliphatic carbocycles. The summed E-state index contributed by atoms with van der Waals surface area (Å²) in [6, 6.07) is 0. The summed E-state index contributed by atoms with van der Waals surface area (Å²) in [6.45, 7) is 2.92. The number of anilines is 1. The number of esters is 2. The normalized spacial score (nSPS) is 13.0. The minimum Gasteiger partial charge on any atom is -0.459 e. The molecule has 0 saturated heterocycles. The van der Waals surface area contributed by atoms with E-state index in [2.05, 4.69) is 10.3 Å². The van der Waals surface area contributed by atoms with Gasteiger partial charge in [-0.15, -0.1) is 11.3 Å². The van der Waals surface area contributed by atoms with Crippen LogP contribution in [0.4, 0.5) is 5.00 Å². The standard InChI is InChI=1S/C20H19Cl3N2O5S/c1-9(2)30-19(27)14-10-5-3-4-6-12(10)31-18(14)25-13(26)8-29-20(28)17-16(23)15(22)11(21)7-24-17/h7,9H,3-6,8H2,1-2H3,(H,25,26). The van der Waals surface area contributed by atoms with Gasteiger partial charge in [0.15, 0.2) is 12.3 Å². The molecule has 0 saturated carbocycles. The van der Waals surface area contributed by atoms with Crippen molar-refractivity contribution in [2.75, 3.05) is 11.9 Å². The SMILES string of the molecule is CC(C)OC(=O)c1c(NC(=O)COC(=O)c2ncc(Cl)c(Cl)c2Cl)sc2c1CCCC2. The van der Waals surface area contributed by atoms with Gasteiger partial charge in [0.1, 0.15) is 5.00 Å². The fourth-order valence-electron chi connectivity index (χ4n) is 3.09. The number of pyridine rings is 1. The van der Waals surface area contributed by atoms with Crippen LogP contribution in [0.25, 0.3) is 0 Å². The van der Waals surface area contributed by atoms with Crippen LogP contribution in [0, 0.1) is 0 Å². The van der Waals surface area contributed by atoms with Crippen LogP contribution < -0.4 is 5.32 Å². The maximum absolute atomic E-state index is 12.6. The van der Waals surface area contributed by atoms with E-state index in [0.717, 1.165) is 42.3 Å². The highest BCUT2D eigenvalue weighted by Crippen LogP contribution is 2.38. The number of aromatic nitrogens is 1. The van der Waals surface area contributed by atoms with Gasteiger partial charge in [0, 0.05) is 11.1 Å². The number of amides is 1. The van der Waals surface area contributed by atoms with Crippen LogP contribution in [0.15, 0.2) is 6.20 Å². The van der Waals surface area contributed by atoms with E-state index in [1.54, 1.807) is 13.8 Å². The third kappa shape index (κ3) is 5.49. The van der Waals surface area contributed by atoms with Crippen molar-refractivity contribution in [3.63, 3.8) is 0 Å². The number of aryl methyl sites for hydroxylation is 1. The van der Waals surface area contributed by atoms with E-state index in [0.29, 0.717) is 10.6 Å². The Labute approximate surface area is 198 Å². The number of ether oxygens (including phenoxy) is 2. The second-order valence-corrected chi connectivity index (χ2v) is 9.34. The molecule has 0 unspecified atom stereocenters. The summed E-state index contributed by atoms with van der Waals surface area (Å²) in [5, 5.41) is 2.95. The van der Waals surface area contributed by atoms with Gasteiger partial charge in [0.2, 0.25) is 0 Å². The molecule has 0 aliphatic heterocycles. The zero-order valence-electron chi connectivity index (χ0n) is 16.7. The Morgan fingerprint density at radius 2 is 1.84 bits per heavy atom. The first-order valence-corrected chi connectivity index (χ1v) is 11.5. The Kier molecular flexibility index (Phi) is 7.80. The van der Waals surface area contributed by atoms with E-state index in [1.165, 1.54) is 11.3 Å². The van der Waals surface area contributed by atoms with Crippen molar-refractivity contribution in [1.29, 1.82) is 0 Å². The Morgan fingerprint density at radius 3 is 2.55 bits per heavy atom. The first-order valence-electron chi connectivity index (χ1n) is 9.51. The molecule has 0 radical (unpaired) electrons. The molecule has 31 heavy (non-hydrogen) atoms. The molecular weight excluding hydrogens is 487 g/mol. The van der Waals surface area contributed by atoms with Crippen LogP contribution in [-0.4, -0.2) is 35.5 Å². The quantitative estimate of drug-likeness (QED) is 0.532. The fourth-order valence-corrected chi connectivity index (χ4v) is 4.94. The van der Waals surface area contributed by atoms with Crippen LogP contribution in [0.1, 0.15) is 58.0 Å². The number of hydrogen-bond acceptors (Lipinski definition) is 7. The molecule has 2 aromatic rings. The Balaban J connectivity index is 1.72. The van der Waals surface area contributed by atoms with E-state index in [1.807, 2.05) is 0 Å². The van der Waals surface area contributed by atoms with E-state index < -0.39 is 24.5 Å². The van der Waals surface area contributed by atoms with Gasteiger partial charge >= 0.3 is 11.9 Å². The Morgan fingerprint density at radius 1 is 1.13 bits per heavy atom. The summed E-state index contributed by atoms with van der Waals surface area (Å²) in [4.78, 5) is 42.1. The Hall–Kier alpha value is -1.87. The van der Waals surface area contributed by atoms with Gasteiger partial charge < -0.3 is 14.8 Å². The molecule has 2 heterocycles. The highest BCUT2D eigenvalue weighted by atomic mass is 35.5. The average Bonchev–Trinajstić information content (AvgIpc) is 3.07. The van der Waals surface area contributed by atoms with Crippen LogP contribution in [-0.2, 0) is 27.1 Å². The highest BCUT2D eigenvalue weighted by Gasteiger charge is 2.28. The van der Waals surface area contributed by atoms with Crippen molar-refractivity contribution in [2.45, 2.75) is 45.6 Å². The molecule has 3 rings (SSSR count). The molecule has 1 aliphatic rings. The van der Waals surface area contributed by atoms with Gasteiger partial charge in [0.25, 0.3) is 5.91 Å². The van der Waals surface area contributed by atoms with Crippen molar-refractivity contribution in [1.82, 2.24) is 4.98 Å². The van der Waals surface area contributed by atoms with E-state index in [-0.39, 0.29) is 26.9 Å². The van der Waals surface area contributed by atoms with Gasteiger partial charge in [-0.1, -0.05) is 34.8 Å². The highest BCUT2D eigenvalue weighted by molar-refractivity contribution is 7.17. The number of nitrogens with zero attached hydrogens (tertiary/aromatic N) is 1. The molecule has 2 aromatic heterocycles. The largest absolute Gasteiger partial charge is 0.459 e. The lowest BCUT2D eigenvalue weighted by Crippen LogP contribution is -2.23. The predicted molar refractivity (Wildman–Crippen MR) is 120 cm³/mol. The molecular formula is C20H19Cl3N2O5S. The summed E-state index contributed by atoms with van der Waals surface area (Å²) in [5.74, 6) is -2.01. The van der Waals surface area contributed by atoms with E-state index in [4.69, 9.17) is 44.3 Å². The number of carbonyl (C=O) groups is 3. The van der Waals surface area contributed by atoms with Crippen molar-refractivity contribution >= 4 is 69.0 Å². The maximum Gasteiger partial charge on any atom is 0.359 e. The van der Waals surface area contributed by atoms with Crippen LogP contribution >= 0.6 is 46.1 Å². The molecule has 7 nitrogen and oxygen atoms in total. The first kappa shape index (κ1) is 23.8. The molecule has 0 fully saturated rings. The summed E-state index contributed by atoms with van der Waals surface area (Å²) in [6.07, 6.45) is 4.45. The maximum atomic E-state index is 12.6. The van der Waals surface area contributed by atoms with Crippen molar-refractivity contribution in [3.8, 4) is 0 Å². The number of thiophene rings is 1. The minimum atomic E-state index is -0.927. The molecule has 0 spiro atoms. The van der Waals surface area contributed by atoms with Crippen LogP contribution in [0.2, 0.25) is 15.1 Å². The van der Waals surface area contributed by atoms with Gasteiger partial charge in [-0.3, -0.25) is 4.79 Å². The van der Waals surface area contributed by atoms with Crippen molar-refractivity contribution < 1.29 is 23.9 Å². The zero-order valence-corrected chi connectivity index (χ0v) is 19.8. The molecule has 166 valence electrons. The average molecular weight is 506 g/mol. The topological polar surface area (TPSA) is 94.6 Å². The van der Waals surface area contributed by atoms with E-state index >= 15 is 0 Å². The molecule has 1 N–H and O–H groups in total. The third-order valence-corrected chi connectivity index (χ3v) is 6.86. The number of hydrogen-bond donors (Lipinski definition) is 1. The predicted octanol–water partition coefficient (Wildman–Crippen LogP) is 5.34. The summed E-state index contributed by atoms with van der Waals surface area (Å²) in [5.41, 5.74) is 1.04. The second-order valence-electron chi connectivity index (χ2n) is 7.08. The molecule has 1 amide bonds. The lowest BCUT2D eigenvalue weighted by atomic mass is 9.95. The molecule has 0 aromatic carbocycles. The smallest absolute Gasteiger partial charge is 0.359 e. The van der Waals surface area contributed by atoms with Crippen molar-refractivity contribution in [2.24, 2.45) is 0 Å². The lowest BCUT2D eigenvalue weighted by molar-refractivity contribution is -0.119. The van der Waals surface area contributed by atoms with Gasteiger partial charge in [-0.25, -0.2) is 14.6 Å². The number of carbonyl (C=O) groups excluding carboxylic acids is 3. The van der Waals surface area contributed by atoms with Crippen LogP contribution in [0.3, 0.4) is 0 Å². The summed E-state index contributed by atoms with van der Waals surface area (Å²) < 4.78 is 10.4. The van der Waals surface area contributed by atoms with Crippen molar-refractivity contribution in [3.05, 3.63) is 43.0 Å². The summed E-state index contributed by atoms with van der Waals surface area (Å²) >= 11 is 19.0. The van der Waals surface area contributed by atoms with Gasteiger partial charge in [-0.05, 0) is 45.1 Å². The molecule has 11 heteroatoms. The minimum absolute atomic E-state index is 0.0350. The first-order chi connectivity index (χ1) is 14.7. The number of rotatable bonds is 6. The summed E-state index contributed by atoms with van der Waals surface area (Å²) in [7, 11) is 0. The second kappa shape index (κ2) is 10.2. The van der Waals surface area contributed by atoms with E-state index in [9.17, 15) is 14.4 Å². The Bertz CT molecular complexity index is 1040. The van der Waals surface area contributed by atoms with Crippen LogP contribution in [0.5, 0.6) is 0 Å².